The fourth-order valence-electron chi connectivity index (χ4n) is 1.48. The van der Waals surface area contributed by atoms with Crippen molar-refractivity contribution in [3.63, 3.8) is 0 Å². The van der Waals surface area contributed by atoms with Crippen molar-refractivity contribution < 1.29 is 81.4 Å². The molecule has 12 heteroatoms. The van der Waals surface area contributed by atoms with Crippen molar-refractivity contribution in [3.05, 3.63) is 0 Å². The number of carbonyl (C=O) groups is 4. The second-order valence-electron chi connectivity index (χ2n) is 4.00. The number of aliphatic carboxylic acids is 4. The van der Waals surface area contributed by atoms with Gasteiger partial charge in [-0.15, -0.1) is 0 Å². The van der Waals surface area contributed by atoms with Gasteiger partial charge in [-0.3, -0.25) is 29.0 Å². The Labute approximate surface area is 159 Å². The van der Waals surface area contributed by atoms with Crippen LogP contribution in [0.2, 0.25) is 0 Å². The minimum absolute atomic E-state index is 0. The molecule has 0 saturated heterocycles. The van der Waals surface area contributed by atoms with Crippen LogP contribution in [-0.4, -0.2) is 93.4 Å². The van der Waals surface area contributed by atoms with Crippen LogP contribution in [0, 0.1) is 41.7 Å². The van der Waals surface area contributed by atoms with E-state index < -0.39 is 50.1 Å². The summed E-state index contributed by atoms with van der Waals surface area (Å²) in [6.45, 7) is -2.25. The van der Waals surface area contributed by atoms with Gasteiger partial charge in [0, 0.05) is 54.8 Å². The number of hydrogen-bond donors (Lipinski definition) is 5. The van der Waals surface area contributed by atoms with Gasteiger partial charge in [0.05, 0.1) is 26.2 Å². The molecular formula is C10H19CeN3O8. The molecule has 0 amide bonds. The minimum atomic E-state index is -1.23. The van der Waals surface area contributed by atoms with Crippen molar-refractivity contribution in [1.29, 1.82) is 0 Å². The topological polar surface area (TPSA) is 191 Å². The molecule has 0 spiro atoms. The molecule has 0 aliphatic carbocycles. The zero-order chi connectivity index (χ0) is 15.7. The Bertz CT molecular complexity index is 324. The molecule has 0 fully saturated rings. The van der Waals surface area contributed by atoms with Gasteiger partial charge in [-0.2, -0.15) is 0 Å². The average molecular weight is 449 g/mol. The Hall–Kier alpha value is -0.863. The summed E-state index contributed by atoms with van der Waals surface area (Å²) >= 11 is 0. The maximum Gasteiger partial charge on any atom is 0.317 e. The summed E-state index contributed by atoms with van der Waals surface area (Å²) in [4.78, 5) is 44.4. The van der Waals surface area contributed by atoms with E-state index in [0.717, 1.165) is 9.80 Å². The van der Waals surface area contributed by atoms with Gasteiger partial charge in [-0.05, 0) is 0 Å². The van der Waals surface area contributed by atoms with E-state index in [0.29, 0.717) is 0 Å². The number of carboxylic acids is 4. The minimum Gasteiger partial charge on any atom is -0.480 e. The van der Waals surface area contributed by atoms with Gasteiger partial charge >= 0.3 is 23.9 Å². The Morgan fingerprint density at radius 2 is 0.773 bits per heavy atom. The summed E-state index contributed by atoms with van der Waals surface area (Å²) < 4.78 is 0. The van der Waals surface area contributed by atoms with E-state index in [9.17, 15) is 19.2 Å². The first-order valence-electron chi connectivity index (χ1n) is 5.52. The van der Waals surface area contributed by atoms with E-state index >= 15 is 0 Å². The third kappa shape index (κ3) is 15.5. The van der Waals surface area contributed by atoms with E-state index in [1.165, 1.54) is 0 Å². The zero-order valence-electron chi connectivity index (χ0n) is 11.8. The predicted octanol–water partition coefficient (Wildman–Crippen LogP) is -1.91. The van der Waals surface area contributed by atoms with Crippen LogP contribution in [0.1, 0.15) is 0 Å². The van der Waals surface area contributed by atoms with Crippen LogP contribution in [-0.2, 0) is 19.2 Å². The van der Waals surface area contributed by atoms with Gasteiger partial charge < -0.3 is 26.6 Å². The summed E-state index contributed by atoms with van der Waals surface area (Å²) in [5, 5.41) is 34.5. The van der Waals surface area contributed by atoms with E-state index in [2.05, 4.69) is 0 Å². The molecule has 0 radical (unpaired) electrons. The molecule has 0 unspecified atom stereocenters. The van der Waals surface area contributed by atoms with E-state index in [1.54, 1.807) is 0 Å². The standard InChI is InChI=1S/C10H16N2O8.Ce.H3N/c13-7(14)3-11(4-8(15)16)1-2-12(5-9(17)18)6-10(19)20;;/h1-6H2,(H,13,14)(H,15,16)(H,17,18)(H,19,20);;1H3. The van der Waals surface area contributed by atoms with Gasteiger partial charge in [0.25, 0.3) is 0 Å². The fourth-order valence-corrected chi connectivity index (χ4v) is 1.48. The zero-order valence-corrected chi connectivity index (χ0v) is 14.9. The first-order chi connectivity index (χ1) is 9.20. The molecule has 22 heavy (non-hydrogen) atoms. The Balaban J connectivity index is -0.00000180. The smallest absolute Gasteiger partial charge is 0.317 e. The quantitative estimate of drug-likeness (QED) is 0.236. The average Bonchev–Trinajstić information content (AvgIpc) is 2.22. The largest absolute Gasteiger partial charge is 0.480 e. The van der Waals surface area contributed by atoms with Gasteiger partial charge in [0.2, 0.25) is 0 Å². The maximum absolute atomic E-state index is 10.6. The van der Waals surface area contributed by atoms with Crippen molar-refractivity contribution in [1.82, 2.24) is 16.0 Å². The Morgan fingerprint density at radius 1 is 0.591 bits per heavy atom. The Kier molecular flexibility index (Phi) is 16.3. The van der Waals surface area contributed by atoms with Crippen LogP contribution in [0.15, 0.2) is 0 Å². The monoisotopic (exact) mass is 449 g/mol. The molecule has 0 aromatic rings. The molecule has 7 N–H and O–H groups in total. The van der Waals surface area contributed by atoms with Crippen molar-refractivity contribution >= 4 is 23.9 Å². The summed E-state index contributed by atoms with van der Waals surface area (Å²) in [5.74, 6) is -4.91. The van der Waals surface area contributed by atoms with Crippen LogP contribution >= 0.6 is 0 Å². The molecule has 0 saturated carbocycles. The van der Waals surface area contributed by atoms with Crippen LogP contribution in [0.25, 0.3) is 0 Å². The molecule has 11 nitrogen and oxygen atoms in total. The normalized spacial score (nSPS) is 9.73. The van der Waals surface area contributed by atoms with Crippen LogP contribution in [0.3, 0.4) is 0 Å². The maximum atomic E-state index is 10.6. The second-order valence-corrected chi connectivity index (χ2v) is 4.00. The first-order valence-corrected chi connectivity index (χ1v) is 5.52. The van der Waals surface area contributed by atoms with E-state index in [-0.39, 0.29) is 61.0 Å². The van der Waals surface area contributed by atoms with Crippen molar-refractivity contribution in [2.75, 3.05) is 39.3 Å². The van der Waals surface area contributed by atoms with Gasteiger partial charge in [-0.25, -0.2) is 0 Å². The molecular weight excluding hydrogens is 430 g/mol. The van der Waals surface area contributed by atoms with Gasteiger partial charge in [0.15, 0.2) is 0 Å². The third-order valence-electron chi connectivity index (χ3n) is 2.17. The molecule has 0 aromatic carbocycles. The summed E-state index contributed by atoms with van der Waals surface area (Å²) in [6, 6.07) is 0. The number of nitrogens with zero attached hydrogens (tertiary/aromatic N) is 2. The second kappa shape index (κ2) is 13.8. The van der Waals surface area contributed by atoms with Crippen molar-refractivity contribution in [2.24, 2.45) is 0 Å². The first kappa shape index (κ1) is 26.1. The van der Waals surface area contributed by atoms with Gasteiger partial charge in [0.1, 0.15) is 0 Å². The summed E-state index contributed by atoms with van der Waals surface area (Å²) in [5.41, 5.74) is 0. The number of rotatable bonds is 11. The molecule has 0 aromatic heterocycles. The van der Waals surface area contributed by atoms with Crippen molar-refractivity contribution in [3.8, 4) is 0 Å². The molecule has 0 atom stereocenters. The number of hydrogen-bond acceptors (Lipinski definition) is 7. The van der Waals surface area contributed by atoms with Crippen LogP contribution in [0.4, 0.5) is 0 Å². The van der Waals surface area contributed by atoms with Crippen molar-refractivity contribution in [2.45, 2.75) is 0 Å². The predicted molar refractivity (Wildman–Crippen MR) is 68.4 cm³/mol. The Morgan fingerprint density at radius 3 is 0.909 bits per heavy atom. The molecule has 0 aliphatic rings. The number of carboxylic acid groups (broad SMARTS) is 4. The molecule has 126 valence electrons. The van der Waals surface area contributed by atoms with E-state index in [4.69, 9.17) is 20.4 Å². The fraction of sp³-hybridized carbons (Fsp3) is 0.600. The molecule has 0 aliphatic heterocycles. The van der Waals surface area contributed by atoms with E-state index in [1.807, 2.05) is 0 Å². The third-order valence-corrected chi connectivity index (χ3v) is 2.17. The molecule has 0 heterocycles. The van der Waals surface area contributed by atoms with Gasteiger partial charge in [-0.1, -0.05) is 0 Å². The van der Waals surface area contributed by atoms with Crippen LogP contribution in [0.5, 0.6) is 0 Å². The SMILES string of the molecule is N.O=C(O)CN(CCN(CC(=O)O)CC(=O)O)CC(=O)O.[Ce]. The molecule has 0 rings (SSSR count). The summed E-state index contributed by atoms with van der Waals surface area (Å²) in [7, 11) is 0. The van der Waals surface area contributed by atoms with Crippen LogP contribution < -0.4 is 6.15 Å². The summed E-state index contributed by atoms with van der Waals surface area (Å²) in [6.07, 6.45) is 0. The molecule has 0 bridgehead atoms.